The fourth-order valence-corrected chi connectivity index (χ4v) is 6.45. The molecule has 0 heterocycles. The summed E-state index contributed by atoms with van der Waals surface area (Å²) in [5.74, 6) is -1.46. The van der Waals surface area contributed by atoms with Gasteiger partial charge in [0.2, 0.25) is 5.91 Å². The number of aliphatic hydroxyl groups excluding tert-OH is 2. The predicted octanol–water partition coefficient (Wildman–Crippen LogP) is 9.21. The highest BCUT2D eigenvalue weighted by molar-refractivity contribution is 7.85. The molecule has 0 aliphatic heterocycles. The van der Waals surface area contributed by atoms with Crippen molar-refractivity contribution in [2.75, 3.05) is 5.75 Å². The minimum absolute atomic E-state index is 0.292. The maximum Gasteiger partial charge on any atom is 0.266 e. The number of carbonyl (C=O) groups is 1. The summed E-state index contributed by atoms with van der Waals surface area (Å²) < 4.78 is 32.2. The van der Waals surface area contributed by atoms with Gasteiger partial charge in [0, 0.05) is 0 Å². The summed E-state index contributed by atoms with van der Waals surface area (Å²) >= 11 is 0. The molecule has 0 saturated heterocycles. The van der Waals surface area contributed by atoms with Gasteiger partial charge in [0.1, 0.15) is 6.10 Å². The van der Waals surface area contributed by atoms with Crippen molar-refractivity contribution in [1.82, 2.24) is 5.32 Å². The van der Waals surface area contributed by atoms with Crippen molar-refractivity contribution in [2.24, 2.45) is 0 Å². The summed E-state index contributed by atoms with van der Waals surface area (Å²) in [6.45, 7) is 4.43. The molecule has 44 heavy (non-hydrogen) atoms. The number of carbonyl (C=O) groups excluding carboxylic acids is 1. The van der Waals surface area contributed by atoms with Gasteiger partial charge < -0.3 is 15.5 Å². The molecule has 8 heteroatoms. The summed E-state index contributed by atoms with van der Waals surface area (Å²) in [5, 5.41) is 23.3. The molecule has 3 atom stereocenters. The minimum atomic E-state index is -4.39. The number of nitrogens with one attached hydrogen (secondary N) is 1. The monoisotopic (exact) mass is 646 g/mol. The van der Waals surface area contributed by atoms with Gasteiger partial charge >= 0.3 is 0 Å². The van der Waals surface area contributed by atoms with E-state index < -0.39 is 40.0 Å². The van der Waals surface area contributed by atoms with Gasteiger partial charge in [-0.25, -0.2) is 0 Å². The van der Waals surface area contributed by atoms with Crippen molar-refractivity contribution in [3.8, 4) is 0 Å². The van der Waals surface area contributed by atoms with Gasteiger partial charge in [-0.05, 0) is 38.5 Å². The Bertz CT molecular complexity index is 773. The standard InChI is InChI=1S/C36H71NO6S/c1-3-5-7-9-11-12-13-14-15-16-17-18-19-20-21-22-23-25-27-29-31-35(39)36(40)37-33(32-44(41,42)43)34(38)30-28-26-24-10-8-6-4-2/h18-19,33-35,38-39H,3-17,20-32H2,1-2H3,(H,37,40)(H,41,42,43)/b19-18-. The second-order valence-corrected chi connectivity index (χ2v) is 14.5. The van der Waals surface area contributed by atoms with E-state index in [0.29, 0.717) is 25.7 Å². The van der Waals surface area contributed by atoms with Crippen LogP contribution >= 0.6 is 0 Å². The van der Waals surface area contributed by atoms with E-state index in [1.54, 1.807) is 0 Å². The van der Waals surface area contributed by atoms with Crippen molar-refractivity contribution in [1.29, 1.82) is 0 Å². The number of aliphatic hydroxyl groups is 2. The van der Waals surface area contributed by atoms with Crippen LogP contribution in [0.25, 0.3) is 0 Å². The lowest BCUT2D eigenvalue weighted by molar-refractivity contribution is -0.131. The lowest BCUT2D eigenvalue weighted by Crippen LogP contribution is -2.50. The smallest absolute Gasteiger partial charge is 0.266 e. The lowest BCUT2D eigenvalue weighted by atomic mass is 10.0. The van der Waals surface area contributed by atoms with Gasteiger partial charge in [0.25, 0.3) is 10.1 Å². The van der Waals surface area contributed by atoms with Crippen LogP contribution in [0.5, 0.6) is 0 Å². The van der Waals surface area contributed by atoms with Gasteiger partial charge in [0.15, 0.2) is 0 Å². The highest BCUT2D eigenvalue weighted by Crippen LogP contribution is 2.15. The fraction of sp³-hybridized carbons (Fsp3) is 0.917. The Kier molecular flexibility index (Phi) is 30.0. The molecule has 0 aromatic carbocycles. The Morgan fingerprint density at radius 3 is 1.36 bits per heavy atom. The maximum atomic E-state index is 12.5. The number of unbranched alkanes of at least 4 members (excludes halogenated alkanes) is 22. The quantitative estimate of drug-likeness (QED) is 0.0320. The first-order valence-electron chi connectivity index (χ1n) is 18.5. The zero-order chi connectivity index (χ0) is 32.7. The molecule has 1 amide bonds. The zero-order valence-electron chi connectivity index (χ0n) is 28.7. The van der Waals surface area contributed by atoms with E-state index in [1.165, 1.54) is 103 Å². The zero-order valence-corrected chi connectivity index (χ0v) is 29.5. The highest BCUT2D eigenvalue weighted by Gasteiger charge is 2.28. The van der Waals surface area contributed by atoms with E-state index in [4.69, 9.17) is 0 Å². The Hall–Kier alpha value is -0.960. The minimum Gasteiger partial charge on any atom is -0.391 e. The molecule has 7 nitrogen and oxygen atoms in total. The van der Waals surface area contributed by atoms with Gasteiger partial charge in [-0.2, -0.15) is 8.42 Å². The van der Waals surface area contributed by atoms with Crippen LogP contribution in [0.2, 0.25) is 0 Å². The molecule has 0 spiro atoms. The van der Waals surface area contributed by atoms with Crippen LogP contribution in [0.4, 0.5) is 0 Å². The summed E-state index contributed by atoms with van der Waals surface area (Å²) in [5.41, 5.74) is 0. The van der Waals surface area contributed by atoms with Crippen LogP contribution in [-0.4, -0.2) is 53.1 Å². The third-order valence-electron chi connectivity index (χ3n) is 8.58. The molecular formula is C36H71NO6S. The average Bonchev–Trinajstić information content (AvgIpc) is 2.98. The Labute approximate surface area is 272 Å². The van der Waals surface area contributed by atoms with E-state index in [-0.39, 0.29) is 0 Å². The number of hydrogen-bond donors (Lipinski definition) is 4. The summed E-state index contributed by atoms with van der Waals surface area (Å²) in [4.78, 5) is 12.5. The molecule has 0 aromatic heterocycles. The Morgan fingerprint density at radius 1 is 0.591 bits per heavy atom. The topological polar surface area (TPSA) is 124 Å². The van der Waals surface area contributed by atoms with E-state index in [1.807, 2.05) is 0 Å². The second-order valence-electron chi connectivity index (χ2n) is 13.0. The molecule has 0 aliphatic carbocycles. The normalized spacial score (nSPS) is 14.2. The second kappa shape index (κ2) is 30.7. The van der Waals surface area contributed by atoms with E-state index in [0.717, 1.165) is 44.9 Å². The van der Waals surface area contributed by atoms with Crippen LogP contribution in [-0.2, 0) is 14.9 Å². The third-order valence-corrected chi connectivity index (χ3v) is 9.36. The van der Waals surface area contributed by atoms with E-state index >= 15 is 0 Å². The summed E-state index contributed by atoms with van der Waals surface area (Å²) in [7, 11) is -4.39. The molecule has 0 aliphatic rings. The molecule has 0 aromatic rings. The average molecular weight is 646 g/mol. The molecule has 0 bridgehead atoms. The van der Waals surface area contributed by atoms with Crippen molar-refractivity contribution in [2.45, 2.75) is 205 Å². The highest BCUT2D eigenvalue weighted by atomic mass is 32.2. The van der Waals surface area contributed by atoms with Gasteiger partial charge in [0.05, 0.1) is 17.9 Å². The first kappa shape index (κ1) is 43.0. The van der Waals surface area contributed by atoms with E-state index in [2.05, 4.69) is 31.3 Å². The first-order chi connectivity index (χ1) is 21.2. The molecular weight excluding hydrogens is 574 g/mol. The van der Waals surface area contributed by atoms with Gasteiger partial charge in [-0.3, -0.25) is 9.35 Å². The Morgan fingerprint density at radius 2 is 0.955 bits per heavy atom. The van der Waals surface area contributed by atoms with Crippen molar-refractivity contribution < 1.29 is 28.0 Å². The molecule has 262 valence electrons. The number of allylic oxidation sites excluding steroid dienone is 2. The van der Waals surface area contributed by atoms with Gasteiger partial charge in [-0.1, -0.05) is 161 Å². The predicted molar refractivity (Wildman–Crippen MR) is 186 cm³/mol. The summed E-state index contributed by atoms with van der Waals surface area (Å²) in [6, 6.07) is -1.14. The molecule has 0 fully saturated rings. The molecule has 0 radical (unpaired) electrons. The molecule has 0 rings (SSSR count). The van der Waals surface area contributed by atoms with Crippen LogP contribution in [0, 0.1) is 0 Å². The first-order valence-corrected chi connectivity index (χ1v) is 20.1. The molecule has 0 saturated carbocycles. The van der Waals surface area contributed by atoms with Crippen LogP contribution in [0.1, 0.15) is 187 Å². The molecule has 4 N–H and O–H groups in total. The largest absolute Gasteiger partial charge is 0.391 e. The van der Waals surface area contributed by atoms with Crippen molar-refractivity contribution in [3.63, 3.8) is 0 Å². The van der Waals surface area contributed by atoms with Gasteiger partial charge in [-0.15, -0.1) is 0 Å². The number of amides is 1. The fourth-order valence-electron chi connectivity index (χ4n) is 5.69. The van der Waals surface area contributed by atoms with E-state index in [9.17, 15) is 28.0 Å². The maximum absolute atomic E-state index is 12.5. The number of hydrogen-bond acceptors (Lipinski definition) is 5. The SMILES string of the molecule is CCCCCCCCCCCC/C=C\CCCCCCCCC(O)C(=O)NC(CS(=O)(=O)O)C(O)CCCCCCCCC. The van der Waals surface area contributed by atoms with Crippen LogP contribution < -0.4 is 5.32 Å². The van der Waals surface area contributed by atoms with Crippen molar-refractivity contribution in [3.05, 3.63) is 12.2 Å². The summed E-state index contributed by atoms with van der Waals surface area (Å²) in [6.07, 6.45) is 32.6. The van der Waals surface area contributed by atoms with Crippen molar-refractivity contribution >= 4 is 16.0 Å². The number of rotatable bonds is 33. The van der Waals surface area contributed by atoms with Crippen LogP contribution in [0.3, 0.4) is 0 Å². The Balaban J connectivity index is 3.90. The van der Waals surface area contributed by atoms with Crippen LogP contribution in [0.15, 0.2) is 12.2 Å². The lowest BCUT2D eigenvalue weighted by Gasteiger charge is -2.24. The molecule has 3 unspecified atom stereocenters. The third kappa shape index (κ3) is 29.7.